The number of nitrogens with one attached hydrogen (secondary N) is 1. The first kappa shape index (κ1) is 10.8. The first-order valence-electron chi connectivity index (χ1n) is 4.99. The van der Waals surface area contributed by atoms with Crippen LogP contribution < -0.4 is 5.56 Å². The van der Waals surface area contributed by atoms with E-state index >= 15 is 0 Å². The van der Waals surface area contributed by atoms with Gasteiger partial charge in [-0.1, -0.05) is 6.07 Å². The Morgan fingerprint density at radius 3 is 2.94 bits per heavy atom. The standard InChI is InChI=1S/C12H11NO2S/c14-11(10-5-7-16-8-10)4-3-9-2-1-6-13-12(9)15/h1-2,5-8H,3-4H2,(H,13,15). The molecule has 2 aromatic rings. The third-order valence-electron chi connectivity index (χ3n) is 2.36. The lowest BCUT2D eigenvalue weighted by Crippen LogP contribution is -2.12. The topological polar surface area (TPSA) is 49.9 Å². The Hall–Kier alpha value is -1.68. The summed E-state index contributed by atoms with van der Waals surface area (Å²) in [6.45, 7) is 0. The summed E-state index contributed by atoms with van der Waals surface area (Å²) in [5.41, 5.74) is 1.28. The van der Waals surface area contributed by atoms with Crippen LogP contribution in [0.2, 0.25) is 0 Å². The molecule has 0 aliphatic carbocycles. The quantitative estimate of drug-likeness (QED) is 0.823. The van der Waals surface area contributed by atoms with E-state index in [1.54, 1.807) is 18.3 Å². The number of H-pyrrole nitrogens is 1. The number of hydrogen-bond donors (Lipinski definition) is 1. The van der Waals surface area contributed by atoms with Crippen molar-refractivity contribution in [2.45, 2.75) is 12.8 Å². The molecule has 2 aromatic heterocycles. The van der Waals surface area contributed by atoms with Gasteiger partial charge in [0.15, 0.2) is 5.78 Å². The van der Waals surface area contributed by atoms with Crippen LogP contribution in [0.15, 0.2) is 40.0 Å². The second-order valence-corrected chi connectivity index (χ2v) is 4.24. The summed E-state index contributed by atoms with van der Waals surface area (Å²) in [5.74, 6) is 0.0875. The lowest BCUT2D eigenvalue weighted by molar-refractivity contribution is 0.0983. The number of thiophene rings is 1. The molecule has 0 radical (unpaired) electrons. The average molecular weight is 233 g/mol. The summed E-state index contributed by atoms with van der Waals surface area (Å²) in [6.07, 6.45) is 2.46. The van der Waals surface area contributed by atoms with E-state index in [1.807, 2.05) is 16.8 Å². The van der Waals surface area contributed by atoms with E-state index in [-0.39, 0.29) is 11.3 Å². The van der Waals surface area contributed by atoms with Gasteiger partial charge in [0, 0.05) is 29.1 Å². The highest BCUT2D eigenvalue weighted by Gasteiger charge is 2.07. The van der Waals surface area contributed by atoms with Crippen LogP contribution in [-0.2, 0) is 6.42 Å². The van der Waals surface area contributed by atoms with E-state index in [0.29, 0.717) is 18.4 Å². The van der Waals surface area contributed by atoms with E-state index < -0.39 is 0 Å². The minimum absolute atomic E-state index is 0.0875. The number of pyridine rings is 1. The molecule has 0 unspecified atom stereocenters. The molecule has 0 fully saturated rings. The molecule has 16 heavy (non-hydrogen) atoms. The second kappa shape index (κ2) is 4.90. The molecule has 82 valence electrons. The Morgan fingerprint density at radius 1 is 1.38 bits per heavy atom. The Kier molecular flexibility index (Phi) is 3.31. The highest BCUT2D eigenvalue weighted by atomic mass is 32.1. The summed E-state index contributed by atoms with van der Waals surface area (Å²) in [4.78, 5) is 25.6. The van der Waals surface area contributed by atoms with Crippen molar-refractivity contribution in [1.29, 1.82) is 0 Å². The van der Waals surface area contributed by atoms with Crippen LogP contribution in [0.25, 0.3) is 0 Å². The summed E-state index contributed by atoms with van der Waals surface area (Å²) >= 11 is 1.50. The summed E-state index contributed by atoms with van der Waals surface area (Å²) in [5, 5.41) is 3.71. The van der Waals surface area contributed by atoms with Crippen LogP contribution >= 0.6 is 11.3 Å². The molecule has 0 aliphatic heterocycles. The number of ketones is 1. The fraction of sp³-hybridized carbons (Fsp3) is 0.167. The fourth-order valence-electron chi connectivity index (χ4n) is 1.47. The molecule has 4 heteroatoms. The third-order valence-corrected chi connectivity index (χ3v) is 3.05. The number of carbonyl (C=O) groups is 1. The van der Waals surface area contributed by atoms with Gasteiger partial charge in [0.1, 0.15) is 0 Å². The lowest BCUT2D eigenvalue weighted by atomic mass is 10.1. The van der Waals surface area contributed by atoms with Crippen LogP contribution in [0.5, 0.6) is 0 Å². The fourth-order valence-corrected chi connectivity index (χ4v) is 2.13. The van der Waals surface area contributed by atoms with Gasteiger partial charge in [-0.15, -0.1) is 0 Å². The maximum Gasteiger partial charge on any atom is 0.251 e. The van der Waals surface area contributed by atoms with Crippen LogP contribution in [0.1, 0.15) is 22.3 Å². The summed E-state index contributed by atoms with van der Waals surface area (Å²) in [7, 11) is 0. The van der Waals surface area contributed by atoms with Crippen molar-refractivity contribution in [3.63, 3.8) is 0 Å². The lowest BCUT2D eigenvalue weighted by Gasteiger charge is -1.98. The van der Waals surface area contributed by atoms with E-state index in [2.05, 4.69) is 4.98 Å². The minimum atomic E-state index is -0.111. The number of aryl methyl sites for hydroxylation is 1. The van der Waals surface area contributed by atoms with E-state index in [0.717, 1.165) is 5.56 Å². The number of aromatic amines is 1. The Balaban J connectivity index is 2.01. The first-order valence-corrected chi connectivity index (χ1v) is 5.93. The summed E-state index contributed by atoms with van der Waals surface area (Å²) < 4.78 is 0. The maximum absolute atomic E-state index is 11.7. The predicted octanol–water partition coefficient (Wildman–Crippen LogP) is 2.25. The molecule has 2 heterocycles. The molecule has 0 aliphatic rings. The van der Waals surface area contributed by atoms with Crippen LogP contribution in [0, 0.1) is 0 Å². The van der Waals surface area contributed by atoms with Gasteiger partial charge in [-0.05, 0) is 23.9 Å². The van der Waals surface area contributed by atoms with Crippen molar-refractivity contribution in [3.8, 4) is 0 Å². The van der Waals surface area contributed by atoms with Crippen molar-refractivity contribution in [3.05, 3.63) is 56.6 Å². The molecular weight excluding hydrogens is 222 g/mol. The monoisotopic (exact) mass is 233 g/mol. The van der Waals surface area contributed by atoms with Gasteiger partial charge in [0.05, 0.1) is 0 Å². The second-order valence-electron chi connectivity index (χ2n) is 3.46. The zero-order valence-corrected chi connectivity index (χ0v) is 9.42. The number of hydrogen-bond acceptors (Lipinski definition) is 3. The Bertz CT molecular complexity index is 528. The number of Topliss-reactive ketones (excluding diaryl/α,β-unsaturated/α-hetero) is 1. The Morgan fingerprint density at radius 2 is 2.25 bits per heavy atom. The SMILES string of the molecule is O=C(CCc1ccc[nH]c1=O)c1ccsc1. The molecule has 0 saturated carbocycles. The van der Waals surface area contributed by atoms with E-state index in [1.165, 1.54) is 11.3 Å². The number of aromatic nitrogens is 1. The van der Waals surface area contributed by atoms with Crippen molar-refractivity contribution in [2.75, 3.05) is 0 Å². The van der Waals surface area contributed by atoms with Crippen LogP contribution in [0.4, 0.5) is 0 Å². The van der Waals surface area contributed by atoms with Gasteiger partial charge in [-0.25, -0.2) is 0 Å². The van der Waals surface area contributed by atoms with Gasteiger partial charge < -0.3 is 4.98 Å². The van der Waals surface area contributed by atoms with Gasteiger partial charge in [-0.2, -0.15) is 11.3 Å². The van der Waals surface area contributed by atoms with E-state index in [4.69, 9.17) is 0 Å². The third kappa shape index (κ3) is 2.46. The molecule has 0 saturated heterocycles. The smallest absolute Gasteiger partial charge is 0.251 e. The summed E-state index contributed by atoms with van der Waals surface area (Å²) in [6, 6.07) is 5.33. The molecule has 0 bridgehead atoms. The molecule has 3 nitrogen and oxygen atoms in total. The molecule has 2 rings (SSSR count). The first-order chi connectivity index (χ1) is 7.77. The van der Waals surface area contributed by atoms with Crippen LogP contribution in [0.3, 0.4) is 0 Å². The van der Waals surface area contributed by atoms with Crippen molar-refractivity contribution in [1.82, 2.24) is 4.98 Å². The molecule has 0 aromatic carbocycles. The van der Waals surface area contributed by atoms with Crippen molar-refractivity contribution >= 4 is 17.1 Å². The molecule has 0 atom stereocenters. The van der Waals surface area contributed by atoms with Crippen LogP contribution in [-0.4, -0.2) is 10.8 Å². The van der Waals surface area contributed by atoms with Crippen molar-refractivity contribution in [2.24, 2.45) is 0 Å². The maximum atomic E-state index is 11.7. The predicted molar refractivity (Wildman–Crippen MR) is 64.0 cm³/mol. The van der Waals surface area contributed by atoms with Gasteiger partial charge in [-0.3, -0.25) is 9.59 Å². The zero-order chi connectivity index (χ0) is 11.4. The number of rotatable bonds is 4. The zero-order valence-electron chi connectivity index (χ0n) is 8.60. The molecule has 0 amide bonds. The normalized spacial score (nSPS) is 10.2. The molecule has 0 spiro atoms. The van der Waals surface area contributed by atoms with E-state index in [9.17, 15) is 9.59 Å². The highest BCUT2D eigenvalue weighted by Crippen LogP contribution is 2.10. The minimum Gasteiger partial charge on any atom is -0.329 e. The largest absolute Gasteiger partial charge is 0.329 e. The van der Waals surface area contributed by atoms with Crippen molar-refractivity contribution < 1.29 is 4.79 Å². The average Bonchev–Trinajstić information content (AvgIpc) is 2.81. The number of carbonyl (C=O) groups excluding carboxylic acids is 1. The molecular formula is C12H11NO2S. The van der Waals surface area contributed by atoms with Gasteiger partial charge in [0.25, 0.3) is 5.56 Å². The molecule has 1 N–H and O–H groups in total. The highest BCUT2D eigenvalue weighted by molar-refractivity contribution is 7.08. The van der Waals surface area contributed by atoms with Gasteiger partial charge in [0.2, 0.25) is 0 Å². The van der Waals surface area contributed by atoms with Gasteiger partial charge >= 0.3 is 0 Å². The Labute approximate surface area is 96.8 Å².